The molecule has 2 heterocycles. The van der Waals surface area contributed by atoms with E-state index >= 15 is 0 Å². The third kappa shape index (κ3) is 4.50. The molecule has 2 aromatic heterocycles. The maximum Gasteiger partial charge on any atom is 0.331 e. The highest BCUT2D eigenvalue weighted by atomic mass is 16.5. The third-order valence-electron chi connectivity index (χ3n) is 4.44. The van der Waals surface area contributed by atoms with Gasteiger partial charge in [0.1, 0.15) is 24.5 Å². The Labute approximate surface area is 168 Å². The van der Waals surface area contributed by atoms with Crippen LogP contribution in [0.25, 0.3) is 22.7 Å². The first kappa shape index (κ1) is 18.4. The van der Waals surface area contributed by atoms with Crippen molar-refractivity contribution in [2.45, 2.75) is 6.61 Å². The van der Waals surface area contributed by atoms with Gasteiger partial charge in [-0.2, -0.15) is 0 Å². The number of nitrogens with zero attached hydrogens (tertiary/aromatic N) is 3. The SMILES string of the molecule is COc1ccc2cc(/C=C/C(=O)OCc3ccc(-n4ccnc4)nc3)ccc2c1. The van der Waals surface area contributed by atoms with Gasteiger partial charge < -0.3 is 9.47 Å². The summed E-state index contributed by atoms with van der Waals surface area (Å²) in [7, 11) is 1.65. The second kappa shape index (κ2) is 8.39. The van der Waals surface area contributed by atoms with Crippen LogP contribution in [0, 0.1) is 0 Å². The number of benzene rings is 2. The van der Waals surface area contributed by atoms with E-state index in [9.17, 15) is 4.79 Å². The van der Waals surface area contributed by atoms with Crippen molar-refractivity contribution in [3.63, 3.8) is 0 Å². The molecule has 4 aromatic rings. The predicted molar refractivity (Wildman–Crippen MR) is 111 cm³/mol. The third-order valence-corrected chi connectivity index (χ3v) is 4.44. The second-order valence-electron chi connectivity index (χ2n) is 6.41. The normalized spacial score (nSPS) is 11.1. The molecule has 0 fully saturated rings. The quantitative estimate of drug-likeness (QED) is 0.368. The maximum absolute atomic E-state index is 12.0. The fraction of sp³-hybridized carbons (Fsp3) is 0.0870. The number of hydrogen-bond donors (Lipinski definition) is 0. The Kier molecular flexibility index (Phi) is 5.33. The van der Waals surface area contributed by atoms with Gasteiger partial charge in [0, 0.05) is 30.2 Å². The van der Waals surface area contributed by atoms with Gasteiger partial charge in [0.2, 0.25) is 0 Å². The summed E-state index contributed by atoms with van der Waals surface area (Å²) in [6.07, 6.45) is 10.0. The number of fused-ring (bicyclic) bond motifs is 1. The molecule has 0 aliphatic carbocycles. The Balaban J connectivity index is 1.35. The first-order valence-corrected chi connectivity index (χ1v) is 9.07. The van der Waals surface area contributed by atoms with Crippen LogP contribution in [0.2, 0.25) is 0 Å². The van der Waals surface area contributed by atoms with Crippen LogP contribution in [-0.4, -0.2) is 27.6 Å². The monoisotopic (exact) mass is 385 g/mol. The van der Waals surface area contributed by atoms with Crippen molar-refractivity contribution in [1.29, 1.82) is 0 Å². The van der Waals surface area contributed by atoms with Crippen molar-refractivity contribution in [2.24, 2.45) is 0 Å². The topological polar surface area (TPSA) is 66.2 Å². The number of esters is 1. The summed E-state index contributed by atoms with van der Waals surface area (Å²) in [6.45, 7) is 0.165. The summed E-state index contributed by atoms with van der Waals surface area (Å²) < 4.78 is 12.3. The highest BCUT2D eigenvalue weighted by Gasteiger charge is 2.02. The molecule has 0 aliphatic rings. The van der Waals surface area contributed by atoms with E-state index in [2.05, 4.69) is 9.97 Å². The number of hydrogen-bond acceptors (Lipinski definition) is 5. The van der Waals surface area contributed by atoms with E-state index in [1.165, 1.54) is 6.08 Å². The molecule has 0 bridgehead atoms. The average molecular weight is 385 g/mol. The van der Waals surface area contributed by atoms with Gasteiger partial charge in [0.15, 0.2) is 0 Å². The molecule has 29 heavy (non-hydrogen) atoms. The summed E-state index contributed by atoms with van der Waals surface area (Å²) in [5.74, 6) is 1.17. The minimum absolute atomic E-state index is 0.165. The zero-order valence-electron chi connectivity index (χ0n) is 15.9. The highest BCUT2D eigenvalue weighted by molar-refractivity contribution is 5.90. The van der Waals surface area contributed by atoms with E-state index in [1.54, 1.807) is 36.5 Å². The Morgan fingerprint density at radius 2 is 1.97 bits per heavy atom. The summed E-state index contributed by atoms with van der Waals surface area (Å²) >= 11 is 0. The van der Waals surface area contributed by atoms with Gasteiger partial charge in [0.25, 0.3) is 0 Å². The van der Waals surface area contributed by atoms with Crippen molar-refractivity contribution in [3.05, 3.63) is 90.7 Å². The second-order valence-corrected chi connectivity index (χ2v) is 6.41. The van der Waals surface area contributed by atoms with E-state index in [1.807, 2.05) is 54.7 Å². The van der Waals surface area contributed by atoms with Gasteiger partial charge in [-0.1, -0.05) is 24.3 Å². The number of carbonyl (C=O) groups excluding carboxylic acids is 1. The van der Waals surface area contributed by atoms with Crippen molar-refractivity contribution < 1.29 is 14.3 Å². The number of rotatable bonds is 6. The number of methoxy groups -OCH3 is 1. The Hall–Kier alpha value is -3.93. The minimum atomic E-state index is -0.404. The van der Waals surface area contributed by atoms with Gasteiger partial charge in [0.05, 0.1) is 7.11 Å². The fourth-order valence-electron chi connectivity index (χ4n) is 2.89. The Morgan fingerprint density at radius 1 is 1.10 bits per heavy atom. The minimum Gasteiger partial charge on any atom is -0.497 e. The van der Waals surface area contributed by atoms with E-state index < -0.39 is 5.97 Å². The molecular formula is C23H19N3O3. The lowest BCUT2D eigenvalue weighted by Crippen LogP contribution is -2.02. The molecule has 0 N–H and O–H groups in total. The smallest absolute Gasteiger partial charge is 0.331 e. The van der Waals surface area contributed by atoms with Gasteiger partial charge in [-0.15, -0.1) is 0 Å². The van der Waals surface area contributed by atoms with Gasteiger partial charge in [-0.25, -0.2) is 14.8 Å². The molecule has 6 heteroatoms. The number of aromatic nitrogens is 3. The molecule has 4 rings (SSSR count). The average Bonchev–Trinajstić information content (AvgIpc) is 3.31. The summed E-state index contributed by atoms with van der Waals surface area (Å²) in [4.78, 5) is 20.4. The zero-order chi connectivity index (χ0) is 20.1. The van der Waals surface area contributed by atoms with Crippen LogP contribution in [0.4, 0.5) is 0 Å². The molecule has 6 nitrogen and oxygen atoms in total. The van der Waals surface area contributed by atoms with Gasteiger partial charge in [-0.05, 0) is 46.7 Å². The predicted octanol–water partition coefficient (Wildman–Crippen LogP) is 4.19. The highest BCUT2D eigenvalue weighted by Crippen LogP contribution is 2.22. The number of carbonyl (C=O) groups is 1. The van der Waals surface area contributed by atoms with E-state index in [-0.39, 0.29) is 6.61 Å². The van der Waals surface area contributed by atoms with Gasteiger partial charge >= 0.3 is 5.97 Å². The van der Waals surface area contributed by atoms with Crippen LogP contribution in [-0.2, 0) is 16.1 Å². The lowest BCUT2D eigenvalue weighted by atomic mass is 10.1. The maximum atomic E-state index is 12.0. The molecule has 0 spiro atoms. The van der Waals surface area contributed by atoms with Crippen LogP contribution in [0.3, 0.4) is 0 Å². The molecule has 0 amide bonds. The molecule has 0 unspecified atom stereocenters. The van der Waals surface area contributed by atoms with Crippen molar-refractivity contribution in [3.8, 4) is 11.6 Å². The summed E-state index contributed by atoms with van der Waals surface area (Å²) in [5, 5.41) is 2.15. The van der Waals surface area contributed by atoms with Crippen molar-refractivity contribution >= 4 is 22.8 Å². The molecule has 0 atom stereocenters. The molecule has 0 radical (unpaired) electrons. The van der Waals surface area contributed by atoms with Gasteiger partial charge in [-0.3, -0.25) is 4.57 Å². The Morgan fingerprint density at radius 3 is 2.72 bits per heavy atom. The molecule has 0 saturated heterocycles. The van der Waals surface area contributed by atoms with Crippen LogP contribution in [0.15, 0.2) is 79.5 Å². The largest absolute Gasteiger partial charge is 0.497 e. The lowest BCUT2D eigenvalue weighted by molar-refractivity contribution is -0.138. The number of pyridine rings is 1. The Bertz CT molecular complexity index is 1150. The van der Waals surface area contributed by atoms with E-state index in [0.717, 1.165) is 33.5 Å². The molecule has 144 valence electrons. The number of ether oxygens (including phenoxy) is 2. The molecule has 2 aromatic carbocycles. The number of imidazole rings is 1. The van der Waals surface area contributed by atoms with E-state index in [0.29, 0.717) is 0 Å². The zero-order valence-corrected chi connectivity index (χ0v) is 15.9. The summed E-state index contributed by atoms with van der Waals surface area (Å²) in [6, 6.07) is 15.6. The van der Waals surface area contributed by atoms with Crippen molar-refractivity contribution in [2.75, 3.05) is 7.11 Å². The first-order chi connectivity index (χ1) is 14.2. The summed E-state index contributed by atoms with van der Waals surface area (Å²) in [5.41, 5.74) is 1.74. The first-order valence-electron chi connectivity index (χ1n) is 9.07. The lowest BCUT2D eigenvalue weighted by Gasteiger charge is -2.05. The fourth-order valence-corrected chi connectivity index (χ4v) is 2.89. The van der Waals surface area contributed by atoms with E-state index in [4.69, 9.17) is 9.47 Å². The van der Waals surface area contributed by atoms with Crippen LogP contribution in [0.1, 0.15) is 11.1 Å². The van der Waals surface area contributed by atoms with Crippen LogP contribution in [0.5, 0.6) is 5.75 Å². The van der Waals surface area contributed by atoms with Crippen LogP contribution < -0.4 is 4.74 Å². The molecule has 0 aliphatic heterocycles. The standard InChI is InChI=1S/C23H19N3O3/c1-28-21-7-6-19-12-17(2-5-20(19)13-21)4-9-23(27)29-15-18-3-8-22(25-14-18)26-11-10-24-16-26/h2-14,16H,15H2,1H3/b9-4+. The van der Waals surface area contributed by atoms with Crippen molar-refractivity contribution in [1.82, 2.24) is 14.5 Å². The molecular weight excluding hydrogens is 366 g/mol. The molecule has 0 saturated carbocycles. The van der Waals surface area contributed by atoms with Crippen LogP contribution >= 0.6 is 0 Å².